The van der Waals surface area contributed by atoms with Crippen LogP contribution in [0.15, 0.2) is 18.2 Å². The van der Waals surface area contributed by atoms with Gasteiger partial charge in [-0.3, -0.25) is 9.89 Å². The third-order valence-corrected chi connectivity index (χ3v) is 11.0. The maximum atomic E-state index is 14.2. The van der Waals surface area contributed by atoms with Gasteiger partial charge in [-0.25, -0.2) is 9.18 Å². The number of carbonyl (C=O) groups excluding carboxylic acids is 2. The van der Waals surface area contributed by atoms with E-state index >= 15 is 0 Å². The molecule has 7 nitrogen and oxygen atoms in total. The van der Waals surface area contributed by atoms with Gasteiger partial charge in [-0.2, -0.15) is 24.7 Å². The Morgan fingerprint density at radius 1 is 1.19 bits per heavy atom. The van der Waals surface area contributed by atoms with Crippen molar-refractivity contribution in [2.45, 2.75) is 76.8 Å². The van der Waals surface area contributed by atoms with E-state index in [1.807, 2.05) is 20.8 Å². The molecule has 0 atom stereocenters. The number of aryl methyl sites for hydroxylation is 1. The molecule has 1 aliphatic heterocycles. The molecule has 1 aromatic heterocycles. The number of halogens is 1. The van der Waals surface area contributed by atoms with E-state index in [1.54, 1.807) is 17.0 Å². The SMILES string of the molecule is Cc1ccc(F)c(NC(=O)N2Cc3c(NC(=O)C4([Si-](C)(C)C)CCC4)n[nH]c3C2(C)C)c1. The Labute approximate surface area is 189 Å². The fraction of sp³-hybridized carbons (Fsp3) is 0.522. The number of hydrogen-bond acceptors (Lipinski definition) is 3. The van der Waals surface area contributed by atoms with E-state index in [0.717, 1.165) is 36.1 Å². The smallest absolute Gasteiger partial charge is 0.311 e. The van der Waals surface area contributed by atoms with Crippen LogP contribution in [-0.4, -0.2) is 35.1 Å². The normalized spacial score (nSPS) is 18.7. The average molecular weight is 458 g/mol. The second-order valence-corrected chi connectivity index (χ2v) is 16.1. The molecule has 0 radical (unpaired) electrons. The first-order chi connectivity index (χ1) is 14.9. The summed E-state index contributed by atoms with van der Waals surface area (Å²) in [5.41, 5.74) is 1.89. The first-order valence-electron chi connectivity index (χ1n) is 11.1. The molecule has 2 aromatic rings. The van der Waals surface area contributed by atoms with Crippen molar-refractivity contribution in [1.82, 2.24) is 15.1 Å². The Balaban J connectivity index is 1.55. The van der Waals surface area contributed by atoms with Crippen LogP contribution in [0.25, 0.3) is 0 Å². The summed E-state index contributed by atoms with van der Waals surface area (Å²) in [4.78, 5) is 28.0. The van der Waals surface area contributed by atoms with Crippen LogP contribution in [0.5, 0.6) is 0 Å². The van der Waals surface area contributed by atoms with E-state index in [9.17, 15) is 14.0 Å². The first-order valence-corrected chi connectivity index (χ1v) is 14.6. The van der Waals surface area contributed by atoms with Gasteiger partial charge in [0.25, 0.3) is 0 Å². The van der Waals surface area contributed by atoms with E-state index < -0.39 is 25.5 Å². The molecule has 2 aliphatic rings. The van der Waals surface area contributed by atoms with E-state index in [1.165, 1.54) is 6.07 Å². The van der Waals surface area contributed by atoms with Gasteiger partial charge in [0.1, 0.15) is 5.82 Å². The van der Waals surface area contributed by atoms with Crippen LogP contribution in [0, 0.1) is 12.7 Å². The van der Waals surface area contributed by atoms with E-state index in [2.05, 4.69) is 40.5 Å². The lowest BCUT2D eigenvalue weighted by Crippen LogP contribution is -2.52. The third kappa shape index (κ3) is 3.43. The number of urea groups is 1. The third-order valence-electron chi connectivity index (χ3n) is 7.39. The van der Waals surface area contributed by atoms with E-state index in [4.69, 9.17) is 0 Å². The van der Waals surface area contributed by atoms with Crippen LogP contribution < -0.4 is 10.6 Å². The maximum absolute atomic E-state index is 14.2. The Kier molecular flexibility index (Phi) is 5.23. The number of carbonyl (C=O) groups is 2. The summed E-state index contributed by atoms with van der Waals surface area (Å²) in [6, 6.07) is 4.21. The largest absolute Gasteiger partial charge is 0.323 e. The molecule has 2 heterocycles. The number of aromatic amines is 1. The van der Waals surface area contributed by atoms with Crippen molar-refractivity contribution < 1.29 is 14.0 Å². The Morgan fingerprint density at radius 3 is 2.47 bits per heavy atom. The molecule has 1 aliphatic carbocycles. The molecule has 1 aromatic carbocycles. The second-order valence-electron chi connectivity index (χ2n) is 10.6. The van der Waals surface area contributed by atoms with Gasteiger partial charge in [0.2, 0.25) is 5.91 Å². The summed E-state index contributed by atoms with van der Waals surface area (Å²) in [6.07, 6.45) is 2.92. The van der Waals surface area contributed by atoms with E-state index in [0.29, 0.717) is 5.82 Å². The van der Waals surface area contributed by atoms with Crippen molar-refractivity contribution in [2.24, 2.45) is 0 Å². The molecule has 0 unspecified atom stereocenters. The Hall–Kier alpha value is -2.68. The Morgan fingerprint density at radius 2 is 1.88 bits per heavy atom. The summed E-state index contributed by atoms with van der Waals surface area (Å²) in [5, 5.41) is 12.9. The molecule has 0 saturated heterocycles. The lowest BCUT2D eigenvalue weighted by Gasteiger charge is -2.57. The number of anilines is 2. The van der Waals surface area contributed by atoms with Gasteiger partial charge in [-0.05, 0) is 38.5 Å². The molecule has 3 N–H and O–H groups in total. The van der Waals surface area contributed by atoms with Crippen LogP contribution in [0.2, 0.25) is 24.7 Å². The first kappa shape index (κ1) is 22.5. The molecular weight excluding hydrogens is 425 g/mol. The molecule has 1 fully saturated rings. The molecule has 3 amide bonds. The molecule has 173 valence electrons. The summed E-state index contributed by atoms with van der Waals surface area (Å²) in [7, 11) is -1.72. The van der Waals surface area contributed by atoms with Crippen LogP contribution in [0.1, 0.15) is 49.9 Å². The van der Waals surface area contributed by atoms with Gasteiger partial charge in [0.15, 0.2) is 5.82 Å². The second kappa shape index (κ2) is 7.43. The molecule has 4 rings (SSSR count). The number of nitrogens with zero attached hydrogens (tertiary/aromatic N) is 2. The Bertz CT molecular complexity index is 1080. The minimum Gasteiger partial charge on any atom is -0.311 e. The molecule has 0 bridgehead atoms. The fourth-order valence-electron chi connectivity index (χ4n) is 4.94. The van der Waals surface area contributed by atoms with Crippen molar-refractivity contribution in [3.05, 3.63) is 40.8 Å². The number of nitrogens with one attached hydrogen (secondary N) is 3. The quantitative estimate of drug-likeness (QED) is 0.541. The summed E-state index contributed by atoms with van der Waals surface area (Å²) in [5.74, 6) is 0.0469. The standard InChI is InChI=1S/C23H32FN5O2Si/c1-14-8-9-16(24)17(12-14)25-21(31)29-13-15-18(22(29,2)3)27-28-19(15)26-20(30)23(10-7-11-23)32(4,5)6/h8-9,12H,7,10-11,13H2,1-6H3,(H,25,31)(H2,26,27,28,30)/q-1. The number of aromatic nitrogens is 2. The lowest BCUT2D eigenvalue weighted by atomic mass is 9.83. The predicted molar refractivity (Wildman–Crippen MR) is 126 cm³/mol. The van der Waals surface area contributed by atoms with Crippen LogP contribution in [-0.2, 0) is 16.9 Å². The van der Waals surface area contributed by atoms with Gasteiger partial charge in [-0.1, -0.05) is 30.4 Å². The molecular formula is C23H32FN5O2Si-. The molecule has 9 heteroatoms. The number of benzene rings is 1. The highest BCUT2D eigenvalue weighted by Crippen LogP contribution is 2.56. The number of hydrogen-bond donors (Lipinski definition) is 3. The molecule has 0 spiro atoms. The van der Waals surface area contributed by atoms with Crippen molar-refractivity contribution in [1.29, 1.82) is 0 Å². The zero-order chi connectivity index (χ0) is 23.5. The summed E-state index contributed by atoms with van der Waals surface area (Å²) >= 11 is 0. The van der Waals surface area contributed by atoms with Crippen LogP contribution >= 0.6 is 0 Å². The van der Waals surface area contributed by atoms with Gasteiger partial charge >= 0.3 is 6.03 Å². The molecule has 1 saturated carbocycles. The van der Waals surface area contributed by atoms with Crippen molar-refractivity contribution >= 4 is 31.5 Å². The zero-order valence-electron chi connectivity index (χ0n) is 19.6. The zero-order valence-corrected chi connectivity index (χ0v) is 20.6. The van der Waals surface area contributed by atoms with Crippen molar-refractivity contribution in [3.63, 3.8) is 0 Å². The summed E-state index contributed by atoms with van der Waals surface area (Å²) < 4.78 is 14.2. The highest BCUT2D eigenvalue weighted by atomic mass is 28.3. The topological polar surface area (TPSA) is 90.1 Å². The minimum absolute atomic E-state index is 0.0414. The monoisotopic (exact) mass is 457 g/mol. The predicted octanol–water partition coefficient (Wildman–Crippen LogP) is 5.34. The summed E-state index contributed by atoms with van der Waals surface area (Å²) in [6.45, 7) is 12.6. The van der Waals surface area contributed by atoms with Crippen LogP contribution in [0.4, 0.5) is 20.7 Å². The number of rotatable bonds is 4. The minimum atomic E-state index is -1.72. The number of amides is 3. The number of fused-ring (bicyclic) bond motifs is 1. The van der Waals surface area contributed by atoms with Crippen molar-refractivity contribution in [3.8, 4) is 0 Å². The van der Waals surface area contributed by atoms with Gasteiger partial charge in [0, 0.05) is 5.56 Å². The van der Waals surface area contributed by atoms with Crippen molar-refractivity contribution in [2.75, 3.05) is 10.6 Å². The molecule has 32 heavy (non-hydrogen) atoms. The fourth-order valence-corrected chi connectivity index (χ4v) is 7.53. The highest BCUT2D eigenvalue weighted by molar-refractivity contribution is 6.83. The lowest BCUT2D eigenvalue weighted by molar-refractivity contribution is -0.121. The maximum Gasteiger partial charge on any atom is 0.323 e. The highest BCUT2D eigenvalue weighted by Gasteiger charge is 2.47. The average Bonchev–Trinajstić information content (AvgIpc) is 3.14. The van der Waals surface area contributed by atoms with Gasteiger partial charge in [-0.15, -0.1) is 8.07 Å². The number of H-pyrrole nitrogens is 1. The van der Waals surface area contributed by atoms with Gasteiger partial charge in [0.05, 0.1) is 23.5 Å². The van der Waals surface area contributed by atoms with Gasteiger partial charge < -0.3 is 15.5 Å². The van der Waals surface area contributed by atoms with Crippen LogP contribution in [0.3, 0.4) is 0 Å². The van der Waals surface area contributed by atoms with E-state index in [-0.39, 0.29) is 23.2 Å².